The van der Waals surface area contributed by atoms with Crippen LogP contribution in [0.1, 0.15) is 18.4 Å². The number of nitrogens with two attached hydrogens (primary N) is 1. The van der Waals surface area contributed by atoms with Gasteiger partial charge in [-0.1, -0.05) is 30.3 Å². The number of nitrogens with zero attached hydrogens (tertiary/aromatic N) is 1. The van der Waals surface area contributed by atoms with E-state index in [9.17, 15) is 0 Å². The van der Waals surface area contributed by atoms with Crippen molar-refractivity contribution >= 4 is 12.4 Å². The molecule has 1 aromatic carbocycles. The Hall–Kier alpha value is -0.570. The van der Waals surface area contributed by atoms with Gasteiger partial charge >= 0.3 is 0 Å². The molecule has 2 nitrogen and oxygen atoms in total. The minimum absolute atomic E-state index is 0. The second-order valence-electron chi connectivity index (χ2n) is 4.54. The molecule has 1 aromatic rings. The van der Waals surface area contributed by atoms with E-state index in [1.807, 2.05) is 0 Å². The third kappa shape index (κ3) is 3.48. The summed E-state index contributed by atoms with van der Waals surface area (Å²) < 4.78 is 0. The van der Waals surface area contributed by atoms with Crippen LogP contribution in [-0.2, 0) is 6.54 Å². The second kappa shape index (κ2) is 6.24. The van der Waals surface area contributed by atoms with E-state index >= 15 is 0 Å². The summed E-state index contributed by atoms with van der Waals surface area (Å²) >= 11 is 0. The van der Waals surface area contributed by atoms with Crippen molar-refractivity contribution in [2.75, 3.05) is 13.6 Å². The first-order valence-electron chi connectivity index (χ1n) is 5.75. The molecule has 0 aromatic heterocycles. The van der Waals surface area contributed by atoms with Gasteiger partial charge in [0, 0.05) is 19.1 Å². The number of likely N-dealkylation sites (N-methyl/N-ethyl adjacent to an activating group) is 1. The Labute approximate surface area is 104 Å². The molecule has 1 aliphatic carbocycles. The maximum absolute atomic E-state index is 5.83. The molecule has 0 aliphatic heterocycles. The van der Waals surface area contributed by atoms with E-state index < -0.39 is 0 Å². The van der Waals surface area contributed by atoms with Crippen LogP contribution >= 0.6 is 12.4 Å². The number of hydrogen-bond acceptors (Lipinski definition) is 2. The summed E-state index contributed by atoms with van der Waals surface area (Å²) in [4.78, 5) is 2.40. The molecule has 2 rings (SSSR count). The van der Waals surface area contributed by atoms with Gasteiger partial charge in [0.05, 0.1) is 0 Å². The lowest BCUT2D eigenvalue weighted by Crippen LogP contribution is -2.39. The van der Waals surface area contributed by atoms with Crippen molar-refractivity contribution in [2.45, 2.75) is 25.4 Å². The fraction of sp³-hybridized carbons (Fsp3) is 0.538. The third-order valence-corrected chi connectivity index (χ3v) is 3.25. The average molecular weight is 241 g/mol. The Morgan fingerprint density at radius 2 is 1.94 bits per heavy atom. The Morgan fingerprint density at radius 1 is 1.31 bits per heavy atom. The van der Waals surface area contributed by atoms with Crippen LogP contribution in [0, 0.1) is 5.92 Å². The van der Waals surface area contributed by atoms with E-state index in [-0.39, 0.29) is 12.4 Å². The molecule has 0 spiro atoms. The van der Waals surface area contributed by atoms with Gasteiger partial charge in [-0.05, 0) is 31.4 Å². The van der Waals surface area contributed by atoms with Gasteiger partial charge in [-0.15, -0.1) is 12.4 Å². The van der Waals surface area contributed by atoms with Gasteiger partial charge in [-0.3, -0.25) is 4.90 Å². The predicted molar refractivity (Wildman–Crippen MR) is 70.7 cm³/mol. The number of benzene rings is 1. The summed E-state index contributed by atoms with van der Waals surface area (Å²) in [6, 6.07) is 11.2. The standard InChI is InChI=1S/C13H20N2.ClH/c1-15(13(9-14)12-7-8-12)10-11-5-3-2-4-6-11;/h2-6,12-13H,7-10,14H2,1H3;1H. The lowest BCUT2D eigenvalue weighted by atomic mass is 10.1. The molecule has 0 amide bonds. The van der Waals surface area contributed by atoms with Gasteiger partial charge in [-0.25, -0.2) is 0 Å². The zero-order valence-corrected chi connectivity index (χ0v) is 10.6. The predicted octanol–water partition coefficient (Wildman–Crippen LogP) is 2.28. The summed E-state index contributed by atoms with van der Waals surface area (Å²) in [7, 11) is 2.18. The normalized spacial score (nSPS) is 16.9. The van der Waals surface area contributed by atoms with Crippen LogP contribution in [0.3, 0.4) is 0 Å². The van der Waals surface area contributed by atoms with Crippen molar-refractivity contribution in [1.29, 1.82) is 0 Å². The van der Waals surface area contributed by atoms with Crippen LogP contribution in [0.15, 0.2) is 30.3 Å². The van der Waals surface area contributed by atoms with E-state index in [1.165, 1.54) is 18.4 Å². The molecule has 1 saturated carbocycles. The first kappa shape index (κ1) is 13.5. The highest BCUT2D eigenvalue weighted by molar-refractivity contribution is 5.85. The molecular formula is C13H21ClN2. The van der Waals surface area contributed by atoms with Gasteiger partial charge in [0.1, 0.15) is 0 Å². The molecule has 1 fully saturated rings. The molecule has 1 unspecified atom stereocenters. The first-order chi connectivity index (χ1) is 7.31. The fourth-order valence-electron chi connectivity index (χ4n) is 2.20. The average Bonchev–Trinajstić information content (AvgIpc) is 3.04. The van der Waals surface area contributed by atoms with E-state index in [4.69, 9.17) is 5.73 Å². The maximum atomic E-state index is 5.83. The van der Waals surface area contributed by atoms with Crippen molar-refractivity contribution < 1.29 is 0 Å². The summed E-state index contributed by atoms with van der Waals surface area (Å²) in [5.74, 6) is 0.851. The zero-order valence-electron chi connectivity index (χ0n) is 9.80. The molecule has 1 aliphatic rings. The lowest BCUT2D eigenvalue weighted by molar-refractivity contribution is 0.215. The number of halogens is 1. The highest BCUT2D eigenvalue weighted by Gasteiger charge is 2.32. The van der Waals surface area contributed by atoms with Gasteiger partial charge < -0.3 is 5.73 Å². The van der Waals surface area contributed by atoms with Crippen molar-refractivity contribution in [3.05, 3.63) is 35.9 Å². The molecule has 2 N–H and O–H groups in total. The number of rotatable bonds is 5. The fourth-order valence-corrected chi connectivity index (χ4v) is 2.20. The van der Waals surface area contributed by atoms with Gasteiger partial charge in [-0.2, -0.15) is 0 Å². The monoisotopic (exact) mass is 240 g/mol. The largest absolute Gasteiger partial charge is 0.329 e. The van der Waals surface area contributed by atoms with Crippen LogP contribution in [0.25, 0.3) is 0 Å². The quantitative estimate of drug-likeness (QED) is 0.856. The summed E-state index contributed by atoms with van der Waals surface area (Å²) in [6.07, 6.45) is 2.72. The van der Waals surface area contributed by atoms with Gasteiger partial charge in [0.15, 0.2) is 0 Å². The summed E-state index contributed by atoms with van der Waals surface area (Å²) in [5, 5.41) is 0. The van der Waals surface area contributed by atoms with E-state index in [0.29, 0.717) is 6.04 Å². The van der Waals surface area contributed by atoms with Crippen molar-refractivity contribution in [3.63, 3.8) is 0 Å². The molecule has 0 radical (unpaired) electrons. The van der Waals surface area contributed by atoms with Gasteiger partial charge in [0.2, 0.25) is 0 Å². The highest BCUT2D eigenvalue weighted by atomic mass is 35.5. The SMILES string of the molecule is CN(Cc1ccccc1)C(CN)C1CC1.Cl. The summed E-state index contributed by atoms with van der Waals surface area (Å²) in [6.45, 7) is 1.80. The Morgan fingerprint density at radius 3 is 2.44 bits per heavy atom. The lowest BCUT2D eigenvalue weighted by Gasteiger charge is -2.26. The third-order valence-electron chi connectivity index (χ3n) is 3.25. The Bertz CT molecular complexity index is 298. The van der Waals surface area contributed by atoms with Crippen LogP contribution in [0.5, 0.6) is 0 Å². The van der Waals surface area contributed by atoms with Crippen LogP contribution in [0.2, 0.25) is 0 Å². The Kier molecular flexibility index (Phi) is 5.26. The minimum Gasteiger partial charge on any atom is -0.329 e. The van der Waals surface area contributed by atoms with Crippen LogP contribution in [0.4, 0.5) is 0 Å². The second-order valence-corrected chi connectivity index (χ2v) is 4.54. The topological polar surface area (TPSA) is 29.3 Å². The molecule has 16 heavy (non-hydrogen) atoms. The van der Waals surface area contributed by atoms with E-state index in [0.717, 1.165) is 19.0 Å². The van der Waals surface area contributed by atoms with Gasteiger partial charge in [0.25, 0.3) is 0 Å². The van der Waals surface area contributed by atoms with E-state index in [1.54, 1.807) is 0 Å². The van der Waals surface area contributed by atoms with E-state index in [2.05, 4.69) is 42.3 Å². The van der Waals surface area contributed by atoms with Crippen molar-refractivity contribution in [3.8, 4) is 0 Å². The molecule has 0 saturated heterocycles. The number of hydrogen-bond donors (Lipinski definition) is 1. The summed E-state index contributed by atoms with van der Waals surface area (Å²) in [5.41, 5.74) is 7.20. The van der Waals surface area contributed by atoms with Crippen molar-refractivity contribution in [2.24, 2.45) is 11.7 Å². The van der Waals surface area contributed by atoms with Crippen LogP contribution in [-0.4, -0.2) is 24.5 Å². The van der Waals surface area contributed by atoms with Crippen molar-refractivity contribution in [1.82, 2.24) is 4.90 Å². The maximum Gasteiger partial charge on any atom is 0.0247 e. The molecular weight excluding hydrogens is 220 g/mol. The highest BCUT2D eigenvalue weighted by Crippen LogP contribution is 2.34. The molecule has 3 heteroatoms. The Balaban J connectivity index is 0.00000128. The molecule has 0 bridgehead atoms. The molecule has 1 atom stereocenters. The molecule has 0 heterocycles. The smallest absolute Gasteiger partial charge is 0.0247 e. The first-order valence-corrected chi connectivity index (χ1v) is 5.75. The zero-order chi connectivity index (χ0) is 10.7. The van der Waals surface area contributed by atoms with Crippen LogP contribution < -0.4 is 5.73 Å². The molecule has 90 valence electrons. The minimum atomic E-state index is 0.